The van der Waals surface area contributed by atoms with E-state index < -0.39 is 38.0 Å². The average molecular weight is 373 g/mol. The minimum absolute atomic E-state index is 0.0223. The van der Waals surface area contributed by atoms with Gasteiger partial charge in [0, 0.05) is 12.6 Å². The summed E-state index contributed by atoms with van der Waals surface area (Å²) in [5, 5.41) is 22.9. The maximum absolute atomic E-state index is 12.4. The molecule has 0 saturated heterocycles. The van der Waals surface area contributed by atoms with E-state index >= 15 is 0 Å². The number of aliphatic hydroxyl groups is 1. The Hall–Kier alpha value is -2.93. The van der Waals surface area contributed by atoms with Crippen LogP contribution in [0.3, 0.4) is 0 Å². The van der Waals surface area contributed by atoms with Crippen LogP contribution in [-0.2, 0) is 10.0 Å². The molecule has 0 amide bonds. The van der Waals surface area contributed by atoms with Crippen molar-refractivity contribution in [1.29, 1.82) is 0 Å². The minimum atomic E-state index is -3.91. The molecular weight excluding hydrogens is 358 g/mol. The molecule has 0 bridgehead atoms. The number of nitrogens with zero attached hydrogens (tertiary/aromatic N) is 2. The molecule has 1 aromatic heterocycles. The van der Waals surface area contributed by atoms with Gasteiger partial charge in [-0.3, -0.25) is 14.9 Å². The molecule has 0 radical (unpaired) electrons. The Bertz CT molecular complexity index is 1050. The van der Waals surface area contributed by atoms with Gasteiger partial charge in [-0.15, -0.1) is 0 Å². The highest BCUT2D eigenvalue weighted by Crippen LogP contribution is 2.27. The molecular formula is C12H15N5O7S. The van der Waals surface area contributed by atoms with Crippen LogP contribution in [-0.4, -0.2) is 47.0 Å². The van der Waals surface area contributed by atoms with E-state index in [1.807, 2.05) is 0 Å². The fourth-order valence-corrected chi connectivity index (χ4v) is 2.55. The summed E-state index contributed by atoms with van der Waals surface area (Å²) in [6, 6.07) is 2.09. The summed E-state index contributed by atoms with van der Waals surface area (Å²) >= 11 is 0. The first-order chi connectivity index (χ1) is 11.5. The number of nitro benzene ring substituents is 1. The third kappa shape index (κ3) is 4.13. The Morgan fingerprint density at radius 3 is 2.56 bits per heavy atom. The molecule has 12 nitrogen and oxygen atoms in total. The van der Waals surface area contributed by atoms with Crippen molar-refractivity contribution in [2.75, 3.05) is 22.9 Å². The number of hydrogen-bond donors (Lipinski definition) is 4. The van der Waals surface area contributed by atoms with Crippen LogP contribution in [0.5, 0.6) is 0 Å². The van der Waals surface area contributed by atoms with Crippen molar-refractivity contribution in [3.63, 3.8) is 0 Å². The van der Waals surface area contributed by atoms with Gasteiger partial charge >= 0.3 is 5.69 Å². The Labute approximate surface area is 140 Å². The van der Waals surface area contributed by atoms with Crippen LogP contribution < -0.4 is 21.4 Å². The molecule has 0 aliphatic carbocycles. The normalized spacial score (nSPS) is 12.8. The molecule has 4 N–H and O–H groups in total. The topological polar surface area (TPSA) is 176 Å². The highest BCUT2D eigenvalue weighted by Gasteiger charge is 2.19. The van der Waals surface area contributed by atoms with E-state index in [0.29, 0.717) is 0 Å². The Balaban J connectivity index is 2.74. The first-order valence-corrected chi connectivity index (χ1v) is 8.76. The van der Waals surface area contributed by atoms with Gasteiger partial charge in [-0.25, -0.2) is 18.0 Å². The molecule has 13 heteroatoms. The van der Waals surface area contributed by atoms with Gasteiger partial charge in [0.2, 0.25) is 10.0 Å². The van der Waals surface area contributed by atoms with Crippen molar-refractivity contribution in [1.82, 2.24) is 9.66 Å². The lowest BCUT2D eigenvalue weighted by molar-refractivity contribution is -0.383. The highest BCUT2D eigenvalue weighted by molar-refractivity contribution is 7.91. The maximum Gasteiger partial charge on any atom is 0.348 e. The van der Waals surface area contributed by atoms with E-state index in [0.717, 1.165) is 18.4 Å². The van der Waals surface area contributed by atoms with Crippen molar-refractivity contribution in [2.24, 2.45) is 0 Å². The molecule has 0 saturated carbocycles. The van der Waals surface area contributed by atoms with Crippen molar-refractivity contribution < 1.29 is 18.4 Å². The van der Waals surface area contributed by atoms with Crippen LogP contribution in [0, 0.1) is 10.1 Å². The number of nitro groups is 1. The minimum Gasteiger partial charge on any atom is -0.392 e. The van der Waals surface area contributed by atoms with Crippen molar-refractivity contribution in [2.45, 2.75) is 13.0 Å². The first kappa shape index (κ1) is 18.4. The molecule has 1 unspecified atom stereocenters. The van der Waals surface area contributed by atoms with Crippen LogP contribution in [0.4, 0.5) is 11.4 Å². The SMILES string of the molecule is CC(O)CNc1cc2c(=O)n(NS(C)(=O)=O)c(=O)[nH]c2cc1[N+](=O)[O-]. The number of aliphatic hydroxyl groups excluding tert-OH is 1. The van der Waals surface area contributed by atoms with Gasteiger partial charge in [0.25, 0.3) is 11.2 Å². The van der Waals surface area contributed by atoms with E-state index in [1.54, 1.807) is 4.83 Å². The number of rotatable bonds is 6. The van der Waals surface area contributed by atoms with Gasteiger partial charge in [-0.1, -0.05) is 0 Å². The first-order valence-electron chi connectivity index (χ1n) is 6.87. The largest absolute Gasteiger partial charge is 0.392 e. The van der Waals surface area contributed by atoms with Gasteiger partial charge in [-0.2, -0.15) is 4.68 Å². The number of aromatic amines is 1. The third-order valence-corrected chi connectivity index (χ3v) is 3.57. The molecule has 0 aliphatic heterocycles. The Kier molecular flexibility index (Phi) is 4.80. The molecule has 0 aliphatic rings. The number of hydrogen-bond acceptors (Lipinski definition) is 8. The number of anilines is 1. The van der Waals surface area contributed by atoms with E-state index in [9.17, 15) is 33.2 Å². The number of nitrogens with one attached hydrogen (secondary N) is 3. The summed E-state index contributed by atoms with van der Waals surface area (Å²) in [7, 11) is -3.91. The van der Waals surface area contributed by atoms with Crippen LogP contribution in [0.25, 0.3) is 10.9 Å². The molecule has 25 heavy (non-hydrogen) atoms. The molecule has 1 atom stereocenters. The quantitative estimate of drug-likeness (QED) is 0.364. The summed E-state index contributed by atoms with van der Waals surface area (Å²) < 4.78 is 22.8. The van der Waals surface area contributed by atoms with E-state index in [-0.39, 0.29) is 27.8 Å². The standard InChI is InChI=1S/C12H15N5O7S/c1-6(18)5-13-9-3-7-8(4-10(9)17(21)22)14-12(20)16(11(7)19)15-25(2,23)24/h3-4,6,13,15,18H,5H2,1-2H3,(H,14,20). The Morgan fingerprint density at radius 2 is 2.04 bits per heavy atom. The zero-order valence-corrected chi connectivity index (χ0v) is 14.0. The second-order valence-corrected chi connectivity index (χ2v) is 7.06. The molecule has 1 aromatic carbocycles. The third-order valence-electron chi connectivity index (χ3n) is 3.06. The van der Waals surface area contributed by atoms with Crippen molar-refractivity contribution in [3.05, 3.63) is 43.1 Å². The van der Waals surface area contributed by atoms with E-state index in [1.165, 1.54) is 6.92 Å². The summed E-state index contributed by atoms with van der Waals surface area (Å²) in [4.78, 5) is 38.7. The second kappa shape index (κ2) is 6.52. The van der Waals surface area contributed by atoms with E-state index in [4.69, 9.17) is 0 Å². The van der Waals surface area contributed by atoms with E-state index in [2.05, 4.69) is 10.3 Å². The number of aromatic nitrogens is 2. The van der Waals surface area contributed by atoms with Crippen LogP contribution >= 0.6 is 0 Å². The van der Waals surface area contributed by atoms with Gasteiger partial charge in [0.15, 0.2) is 0 Å². The molecule has 136 valence electrons. The fraction of sp³-hybridized carbons (Fsp3) is 0.333. The summed E-state index contributed by atoms with van der Waals surface area (Å²) in [5.41, 5.74) is -2.71. The predicted molar refractivity (Wildman–Crippen MR) is 89.9 cm³/mol. The Morgan fingerprint density at radius 1 is 1.40 bits per heavy atom. The average Bonchev–Trinajstić information content (AvgIpc) is 2.47. The summed E-state index contributed by atoms with van der Waals surface area (Å²) in [6.07, 6.45) is -0.0522. The lowest BCUT2D eigenvalue weighted by atomic mass is 10.2. The molecule has 0 spiro atoms. The molecule has 0 fully saturated rings. The van der Waals surface area contributed by atoms with Crippen LogP contribution in [0.1, 0.15) is 6.92 Å². The van der Waals surface area contributed by atoms with Crippen LogP contribution in [0.2, 0.25) is 0 Å². The van der Waals surface area contributed by atoms with Gasteiger partial charge in [-0.05, 0) is 13.0 Å². The van der Waals surface area contributed by atoms with Crippen LogP contribution in [0.15, 0.2) is 21.7 Å². The van der Waals surface area contributed by atoms with Gasteiger partial charge in [0.05, 0.1) is 28.2 Å². The fourth-order valence-electron chi connectivity index (χ4n) is 2.05. The van der Waals surface area contributed by atoms with Crippen molar-refractivity contribution in [3.8, 4) is 0 Å². The summed E-state index contributed by atoms with van der Waals surface area (Å²) in [5.74, 6) is 0. The summed E-state index contributed by atoms with van der Waals surface area (Å²) in [6.45, 7) is 1.44. The molecule has 2 aromatic rings. The lowest BCUT2D eigenvalue weighted by Crippen LogP contribution is -2.43. The van der Waals surface area contributed by atoms with Gasteiger partial charge < -0.3 is 15.4 Å². The zero-order valence-electron chi connectivity index (χ0n) is 13.1. The maximum atomic E-state index is 12.4. The molecule has 2 rings (SSSR count). The van der Waals surface area contributed by atoms with Gasteiger partial charge in [0.1, 0.15) is 5.69 Å². The number of fused-ring (bicyclic) bond motifs is 1. The molecule has 1 heterocycles. The second-order valence-electron chi connectivity index (χ2n) is 5.34. The number of sulfonamides is 1. The lowest BCUT2D eigenvalue weighted by Gasteiger charge is -2.11. The zero-order chi connectivity index (χ0) is 18.9. The smallest absolute Gasteiger partial charge is 0.348 e. The predicted octanol–water partition coefficient (Wildman–Crippen LogP) is -1.11. The highest BCUT2D eigenvalue weighted by atomic mass is 32.2. The number of benzene rings is 1. The van der Waals surface area contributed by atoms with Crippen molar-refractivity contribution >= 4 is 32.3 Å². The number of H-pyrrole nitrogens is 1. The monoisotopic (exact) mass is 373 g/mol.